The molecule has 2 fully saturated rings. The summed E-state index contributed by atoms with van der Waals surface area (Å²) < 4.78 is 10.5. The number of hydrogen-bond donors (Lipinski definition) is 0. The predicted octanol–water partition coefficient (Wildman–Crippen LogP) is 3.06. The molecule has 11 heteroatoms. The Labute approximate surface area is 216 Å². The number of methoxy groups -OCH3 is 2. The summed E-state index contributed by atoms with van der Waals surface area (Å²) in [6.07, 6.45) is 1.45. The van der Waals surface area contributed by atoms with Gasteiger partial charge in [0.25, 0.3) is 0 Å². The molecule has 5 rings (SSSR count). The highest BCUT2D eigenvalue weighted by molar-refractivity contribution is 5.72. The van der Waals surface area contributed by atoms with Crippen molar-refractivity contribution in [1.82, 2.24) is 9.97 Å². The Morgan fingerprint density at radius 3 is 1.32 bits per heavy atom. The second-order valence-electron chi connectivity index (χ2n) is 8.97. The van der Waals surface area contributed by atoms with Gasteiger partial charge in [0.05, 0.1) is 19.1 Å². The smallest absolute Gasteiger partial charge is 0.353 e. The van der Waals surface area contributed by atoms with Crippen LogP contribution in [0, 0.1) is 10.1 Å². The minimum atomic E-state index is -0.337. The molecule has 0 unspecified atom stereocenters. The first kappa shape index (κ1) is 24.4. The van der Waals surface area contributed by atoms with E-state index in [1.165, 1.54) is 6.33 Å². The van der Waals surface area contributed by atoms with Crippen molar-refractivity contribution in [2.24, 2.45) is 0 Å². The first-order valence-electron chi connectivity index (χ1n) is 12.3. The van der Waals surface area contributed by atoms with Gasteiger partial charge in [-0.3, -0.25) is 10.1 Å². The second kappa shape index (κ2) is 10.8. The summed E-state index contributed by atoms with van der Waals surface area (Å²) in [5.74, 6) is 2.41. The number of ether oxygens (including phenoxy) is 2. The molecule has 11 nitrogen and oxygen atoms in total. The van der Waals surface area contributed by atoms with Crippen LogP contribution in [0.15, 0.2) is 54.9 Å². The Morgan fingerprint density at radius 1 is 0.649 bits per heavy atom. The average molecular weight is 506 g/mol. The van der Waals surface area contributed by atoms with E-state index in [0.717, 1.165) is 49.1 Å². The first-order chi connectivity index (χ1) is 18.1. The van der Waals surface area contributed by atoms with E-state index in [1.807, 2.05) is 58.3 Å². The number of aromatic nitrogens is 2. The normalized spacial score (nSPS) is 16.1. The molecule has 3 heterocycles. The maximum Gasteiger partial charge on any atom is 0.353 e. The van der Waals surface area contributed by atoms with Gasteiger partial charge in [0.2, 0.25) is 11.6 Å². The maximum atomic E-state index is 12.2. The number of benzene rings is 2. The van der Waals surface area contributed by atoms with E-state index in [0.29, 0.717) is 37.8 Å². The summed E-state index contributed by atoms with van der Waals surface area (Å²) in [5.41, 5.74) is 2.19. The topological polar surface area (TPSA) is 100 Å². The van der Waals surface area contributed by atoms with Crippen LogP contribution in [0.4, 0.5) is 28.7 Å². The summed E-state index contributed by atoms with van der Waals surface area (Å²) in [4.78, 5) is 29.2. The zero-order chi connectivity index (χ0) is 25.8. The van der Waals surface area contributed by atoms with Crippen LogP contribution < -0.4 is 29.1 Å². The molecule has 3 aromatic rings. The molecule has 1 aromatic heterocycles. The van der Waals surface area contributed by atoms with Gasteiger partial charge in [-0.25, -0.2) is 9.97 Å². The molecule has 194 valence electrons. The Kier molecular flexibility index (Phi) is 7.11. The molecule has 0 spiro atoms. The Morgan fingerprint density at radius 2 is 1.00 bits per heavy atom. The van der Waals surface area contributed by atoms with Crippen molar-refractivity contribution in [1.29, 1.82) is 0 Å². The van der Waals surface area contributed by atoms with Crippen LogP contribution in [-0.4, -0.2) is 81.5 Å². The third-order valence-electron chi connectivity index (χ3n) is 7.00. The van der Waals surface area contributed by atoms with Gasteiger partial charge in [0.1, 0.15) is 17.8 Å². The fraction of sp³-hybridized carbons (Fsp3) is 0.385. The molecule has 0 amide bonds. The molecule has 2 aliphatic heterocycles. The SMILES string of the molecule is COc1ccc(N2CCN(c3ncnc(N4CCN(c5ccc(OC)cc5)CC4)c3[N+](=O)[O-])CC2)cc1. The summed E-state index contributed by atoms with van der Waals surface area (Å²) in [7, 11) is 3.30. The van der Waals surface area contributed by atoms with Crippen LogP contribution in [0.2, 0.25) is 0 Å². The van der Waals surface area contributed by atoms with Gasteiger partial charge < -0.3 is 29.1 Å². The van der Waals surface area contributed by atoms with Crippen molar-refractivity contribution >= 4 is 28.7 Å². The fourth-order valence-corrected chi connectivity index (χ4v) is 4.93. The minimum absolute atomic E-state index is 0.0155. The largest absolute Gasteiger partial charge is 0.497 e. The summed E-state index contributed by atoms with van der Waals surface area (Å²) in [6.45, 7) is 5.49. The van der Waals surface area contributed by atoms with Crippen molar-refractivity contribution in [2.45, 2.75) is 0 Å². The molecular formula is C26H31N7O4. The third kappa shape index (κ3) is 5.16. The van der Waals surface area contributed by atoms with Crippen molar-refractivity contribution in [3.05, 3.63) is 65.0 Å². The van der Waals surface area contributed by atoms with Gasteiger partial charge in [-0.05, 0) is 48.5 Å². The van der Waals surface area contributed by atoms with E-state index in [-0.39, 0.29) is 10.6 Å². The monoisotopic (exact) mass is 505 g/mol. The van der Waals surface area contributed by atoms with Gasteiger partial charge in [0.15, 0.2) is 0 Å². The number of piperazine rings is 2. The molecule has 0 saturated carbocycles. The fourth-order valence-electron chi connectivity index (χ4n) is 4.93. The summed E-state index contributed by atoms with van der Waals surface area (Å²) >= 11 is 0. The number of anilines is 4. The Balaban J connectivity index is 1.28. The lowest BCUT2D eigenvalue weighted by Gasteiger charge is -2.38. The first-order valence-corrected chi connectivity index (χ1v) is 12.3. The van der Waals surface area contributed by atoms with E-state index < -0.39 is 0 Å². The van der Waals surface area contributed by atoms with E-state index >= 15 is 0 Å². The molecule has 0 bridgehead atoms. The number of nitro groups is 1. The third-order valence-corrected chi connectivity index (χ3v) is 7.00. The molecule has 0 atom stereocenters. The molecule has 2 aromatic carbocycles. The van der Waals surface area contributed by atoms with Crippen LogP contribution in [0.5, 0.6) is 11.5 Å². The van der Waals surface area contributed by atoms with Crippen LogP contribution >= 0.6 is 0 Å². The molecule has 0 N–H and O–H groups in total. The van der Waals surface area contributed by atoms with E-state index in [9.17, 15) is 10.1 Å². The quantitative estimate of drug-likeness (QED) is 0.352. The summed E-state index contributed by atoms with van der Waals surface area (Å²) in [5, 5.41) is 12.2. The van der Waals surface area contributed by atoms with Crippen molar-refractivity contribution in [3.8, 4) is 11.5 Å². The molecule has 0 radical (unpaired) electrons. The zero-order valence-electron chi connectivity index (χ0n) is 21.1. The zero-order valence-corrected chi connectivity index (χ0v) is 21.1. The number of rotatable bonds is 7. The van der Waals surface area contributed by atoms with Crippen molar-refractivity contribution in [2.75, 3.05) is 86.2 Å². The van der Waals surface area contributed by atoms with Crippen molar-refractivity contribution < 1.29 is 14.4 Å². The van der Waals surface area contributed by atoms with Crippen LogP contribution in [0.3, 0.4) is 0 Å². The lowest BCUT2D eigenvalue weighted by molar-refractivity contribution is -0.383. The second-order valence-corrected chi connectivity index (χ2v) is 8.97. The standard InChI is InChI=1S/C26H31N7O4/c1-36-22-7-3-20(4-8-22)29-11-15-31(16-12-29)25-24(33(34)35)26(28-19-27-25)32-17-13-30(14-18-32)21-5-9-23(37-2)10-6-21/h3-10,19H,11-18H2,1-2H3. The van der Waals surface area contributed by atoms with Crippen molar-refractivity contribution in [3.63, 3.8) is 0 Å². The summed E-state index contributed by atoms with van der Waals surface area (Å²) in [6, 6.07) is 15.9. The highest BCUT2D eigenvalue weighted by atomic mass is 16.6. The minimum Gasteiger partial charge on any atom is -0.497 e. The lowest BCUT2D eigenvalue weighted by atomic mass is 10.2. The van der Waals surface area contributed by atoms with Gasteiger partial charge in [0, 0.05) is 63.7 Å². The number of hydrogen-bond acceptors (Lipinski definition) is 10. The van der Waals surface area contributed by atoms with Gasteiger partial charge in [-0.2, -0.15) is 0 Å². The van der Waals surface area contributed by atoms with Crippen LogP contribution in [-0.2, 0) is 0 Å². The Hall–Kier alpha value is -4.28. The Bertz CT molecular complexity index is 1120. The van der Waals surface area contributed by atoms with E-state index in [4.69, 9.17) is 9.47 Å². The van der Waals surface area contributed by atoms with Gasteiger partial charge in [-0.1, -0.05) is 0 Å². The molecule has 2 aliphatic rings. The van der Waals surface area contributed by atoms with Crippen LogP contribution in [0.1, 0.15) is 0 Å². The maximum absolute atomic E-state index is 12.2. The molecular weight excluding hydrogens is 474 g/mol. The van der Waals surface area contributed by atoms with Gasteiger partial charge >= 0.3 is 5.69 Å². The predicted molar refractivity (Wildman–Crippen MR) is 144 cm³/mol. The van der Waals surface area contributed by atoms with E-state index in [1.54, 1.807) is 14.2 Å². The van der Waals surface area contributed by atoms with Gasteiger partial charge in [-0.15, -0.1) is 0 Å². The number of nitrogens with zero attached hydrogens (tertiary/aromatic N) is 7. The molecule has 2 saturated heterocycles. The lowest BCUT2D eigenvalue weighted by Crippen LogP contribution is -2.48. The highest BCUT2D eigenvalue weighted by Gasteiger charge is 2.33. The highest BCUT2D eigenvalue weighted by Crippen LogP contribution is 2.36. The van der Waals surface area contributed by atoms with E-state index in [2.05, 4.69) is 19.8 Å². The molecule has 37 heavy (non-hydrogen) atoms. The van der Waals surface area contributed by atoms with Crippen LogP contribution in [0.25, 0.3) is 0 Å². The average Bonchev–Trinajstić information content (AvgIpc) is 2.97. The molecule has 0 aliphatic carbocycles.